The van der Waals surface area contributed by atoms with E-state index in [-0.39, 0.29) is 53.6 Å². The SMILES string of the molecule is CO[C@@H]1C[C@]2(C)[C@@H](C)CC[C@H]2[C@@H]2CC[C@H]3C[C@H](O)CC[C@]3(C)[C@H]21.CO[C@H]1C[C@]2(C)[C@@H](C)CC[C@H]2[C@@H]2CC[C@@H]3C[C@H](O)CC[C@]3(C)[C@H]21.CO[C@H]1C[C@]2(C)[C@@H](C)CC[C@H]2[C@@H]2CC[C@H]3C[C@H](O)CC[C@]3(C)[C@H]21.C[C@@H]1CC[C@H]2[C@@H]3CC[C@H]4C[C@H](O)CC[C@]4(C)[C@H]3[C@H](O)C[C@]12C.C[C@H]1CC[C@H]2[C@@H]3CC[C@H]4C[C@H](O)CC[C@]4(C)[C@H]3[C@H](O)C[C@]12C. The number of ether oxygens (including phenoxy) is 3. The van der Waals surface area contributed by atoms with Gasteiger partial charge in [0.15, 0.2) is 0 Å². The highest BCUT2D eigenvalue weighted by Gasteiger charge is 2.69. The van der Waals surface area contributed by atoms with Crippen LogP contribution in [0.4, 0.5) is 0 Å². The van der Waals surface area contributed by atoms with Crippen LogP contribution >= 0.6 is 0 Å². The molecule has 10 heteroatoms. The molecule has 0 saturated heterocycles. The van der Waals surface area contributed by atoms with Crippen LogP contribution in [0, 0.1) is 202 Å². The van der Waals surface area contributed by atoms with Gasteiger partial charge in [-0.2, -0.15) is 0 Å². The van der Waals surface area contributed by atoms with Crippen molar-refractivity contribution in [3.63, 3.8) is 0 Å². The lowest BCUT2D eigenvalue weighted by Crippen LogP contribution is -2.59. The average Bonchev–Trinajstić information content (AvgIpc) is 1.71. The lowest BCUT2D eigenvalue weighted by Gasteiger charge is -2.63. The number of hydrogen-bond donors (Lipinski definition) is 7. The summed E-state index contributed by atoms with van der Waals surface area (Å²) in [6.45, 7) is 37.5. The lowest BCUT2D eigenvalue weighted by molar-refractivity contribution is -0.184. The van der Waals surface area contributed by atoms with E-state index in [1.807, 2.05) is 21.3 Å². The van der Waals surface area contributed by atoms with Gasteiger partial charge in [-0.1, -0.05) is 104 Å². The van der Waals surface area contributed by atoms with Gasteiger partial charge < -0.3 is 50.0 Å². The summed E-state index contributed by atoms with van der Waals surface area (Å²) in [6, 6.07) is 0. The van der Waals surface area contributed by atoms with E-state index in [0.717, 1.165) is 196 Å². The van der Waals surface area contributed by atoms with E-state index in [9.17, 15) is 35.7 Å². The van der Waals surface area contributed by atoms with E-state index in [0.29, 0.717) is 103 Å². The van der Waals surface area contributed by atoms with Crippen LogP contribution in [0.15, 0.2) is 0 Å². The van der Waals surface area contributed by atoms with Crippen molar-refractivity contribution < 1.29 is 50.0 Å². The van der Waals surface area contributed by atoms with E-state index < -0.39 is 0 Å². The first-order valence-electron chi connectivity index (χ1n) is 49.8. The molecule has 648 valence electrons. The molecule has 113 heavy (non-hydrogen) atoms. The molecule has 0 aromatic rings. The molecule has 20 rings (SSSR count). The van der Waals surface area contributed by atoms with Crippen molar-refractivity contribution in [2.45, 2.75) is 422 Å². The number of fused-ring (bicyclic) bond motifs is 25. The van der Waals surface area contributed by atoms with Gasteiger partial charge in [0.05, 0.1) is 61.0 Å². The molecule has 0 aromatic carbocycles. The third-order valence-corrected chi connectivity index (χ3v) is 46.0. The fourth-order valence-corrected chi connectivity index (χ4v) is 38.6. The number of rotatable bonds is 3. The van der Waals surface area contributed by atoms with Gasteiger partial charge in [0.25, 0.3) is 0 Å². The second kappa shape index (κ2) is 31.7. The Morgan fingerprint density at radius 2 is 0.398 bits per heavy atom. The molecule has 20 saturated carbocycles. The zero-order valence-corrected chi connectivity index (χ0v) is 75.8. The first kappa shape index (κ1) is 86.1. The van der Waals surface area contributed by atoms with E-state index in [4.69, 9.17) is 14.2 Å². The molecule has 0 radical (unpaired) electrons. The van der Waals surface area contributed by atoms with Crippen molar-refractivity contribution in [1.82, 2.24) is 0 Å². The molecular formula is C103H176O10. The van der Waals surface area contributed by atoms with Gasteiger partial charge in [-0.15, -0.1) is 0 Å². The fraction of sp³-hybridized carbons (Fsp3) is 1.00. The minimum Gasteiger partial charge on any atom is -0.393 e. The number of methoxy groups -OCH3 is 3. The fourth-order valence-electron chi connectivity index (χ4n) is 38.6. The molecule has 0 bridgehead atoms. The number of hydrogen-bond acceptors (Lipinski definition) is 10. The van der Waals surface area contributed by atoms with Gasteiger partial charge >= 0.3 is 0 Å². The molecule has 0 heterocycles. The van der Waals surface area contributed by atoms with Gasteiger partial charge in [0.1, 0.15) is 0 Å². The zero-order valence-electron chi connectivity index (χ0n) is 75.8. The third-order valence-electron chi connectivity index (χ3n) is 46.0. The molecule has 20 aliphatic carbocycles. The van der Waals surface area contributed by atoms with Crippen LogP contribution in [0.3, 0.4) is 0 Å². The van der Waals surface area contributed by atoms with Crippen molar-refractivity contribution >= 4 is 0 Å². The lowest BCUT2D eigenvalue weighted by atomic mass is 9.44. The highest BCUT2D eigenvalue weighted by molar-refractivity contribution is 5.18. The Balaban J connectivity index is 0.000000107. The molecule has 0 aliphatic heterocycles. The monoisotopic (exact) mass is 1570 g/mol. The highest BCUT2D eigenvalue weighted by atomic mass is 16.5. The largest absolute Gasteiger partial charge is 0.393 e. The summed E-state index contributed by atoms with van der Waals surface area (Å²) in [6.07, 6.45) is 49.8. The van der Waals surface area contributed by atoms with Crippen LogP contribution in [0.2, 0.25) is 0 Å². The smallest absolute Gasteiger partial charge is 0.0612 e. The van der Waals surface area contributed by atoms with Crippen molar-refractivity contribution in [2.24, 2.45) is 202 Å². The van der Waals surface area contributed by atoms with Crippen LogP contribution in [0.25, 0.3) is 0 Å². The van der Waals surface area contributed by atoms with Crippen molar-refractivity contribution in [2.75, 3.05) is 21.3 Å². The maximum Gasteiger partial charge on any atom is 0.0612 e. The summed E-state index contributed by atoms with van der Waals surface area (Å²) in [5.74, 6) is 19.1. The van der Waals surface area contributed by atoms with Crippen LogP contribution in [-0.4, -0.2) is 118 Å². The summed E-state index contributed by atoms with van der Waals surface area (Å²) in [5.41, 5.74) is 3.99. The van der Waals surface area contributed by atoms with Gasteiger partial charge in [0.2, 0.25) is 0 Å². The average molecular weight is 1570 g/mol. The number of aliphatic hydroxyl groups is 7. The molecule has 0 spiro atoms. The van der Waals surface area contributed by atoms with Crippen molar-refractivity contribution in [1.29, 1.82) is 0 Å². The summed E-state index contributed by atoms with van der Waals surface area (Å²) < 4.78 is 18.5. The Bertz CT molecular complexity index is 2970. The van der Waals surface area contributed by atoms with E-state index in [1.165, 1.54) is 167 Å². The molecule has 0 amide bonds. The van der Waals surface area contributed by atoms with Gasteiger partial charge in [-0.25, -0.2) is 0 Å². The quantitative estimate of drug-likeness (QED) is 0.144. The molecule has 0 aromatic heterocycles. The van der Waals surface area contributed by atoms with Gasteiger partial charge in [-0.3, -0.25) is 0 Å². The molecule has 20 fully saturated rings. The summed E-state index contributed by atoms with van der Waals surface area (Å²) in [7, 11) is 5.86. The van der Waals surface area contributed by atoms with Crippen molar-refractivity contribution in [3.05, 3.63) is 0 Å². The normalized spacial score (nSPS) is 59.9. The summed E-state index contributed by atoms with van der Waals surface area (Å²) >= 11 is 0. The topological polar surface area (TPSA) is 169 Å². The Hall–Kier alpha value is -0.400. The standard InChI is InChI=1S/3C21H36O2.2C20H34O2/c3*1-13-5-8-17-16-7-6-14-11-15(22)9-10-20(14,2)19(16)18(23-4)12-21(13,17)3;2*1-12-4-7-16-15-6-5-13-10-14(21)8-9-19(13,2)18(15)17(22)11-20(12,16)3/h3*13-19,22H,5-12H2,1-4H3;2*12-18,21-22H,4-11H2,1-3H3/t13-,14+,15+,16-,17-,18-,19+,20-,21+;13-,14-,15+,16-,17-,18+,19+,20-,21+;13-,14-,15+,16-,17-,18-,19+,20-,21+;12-,13+,14-,15+,16+,17-,18-,19+,20-;12-,13-,14+,15-,16-,17+,18+,19-,20+/m00010/s1. The van der Waals surface area contributed by atoms with Crippen LogP contribution < -0.4 is 0 Å². The Morgan fingerprint density at radius 1 is 0.212 bits per heavy atom. The Morgan fingerprint density at radius 3 is 0.602 bits per heavy atom. The first-order chi connectivity index (χ1) is 53.4. The molecule has 10 nitrogen and oxygen atoms in total. The highest BCUT2D eigenvalue weighted by Crippen LogP contribution is 2.75. The Labute approximate surface area is 691 Å². The maximum atomic E-state index is 11.1. The molecule has 45 atom stereocenters. The second-order valence-corrected chi connectivity index (χ2v) is 49.4. The van der Waals surface area contributed by atoms with Crippen LogP contribution in [-0.2, 0) is 14.2 Å². The zero-order chi connectivity index (χ0) is 80.6. The minimum atomic E-state index is -0.116. The van der Waals surface area contributed by atoms with E-state index in [1.54, 1.807) is 0 Å². The summed E-state index contributed by atoms with van der Waals surface area (Å²) in [4.78, 5) is 0. The maximum absolute atomic E-state index is 11.1. The predicted octanol–water partition coefficient (Wildman–Crippen LogP) is 21.9. The van der Waals surface area contributed by atoms with Gasteiger partial charge in [0, 0.05) is 21.3 Å². The third kappa shape index (κ3) is 13.9. The first-order valence-corrected chi connectivity index (χ1v) is 49.8. The Kier molecular flexibility index (Phi) is 24.1. The summed E-state index contributed by atoms with van der Waals surface area (Å²) in [5, 5.41) is 73.0. The van der Waals surface area contributed by atoms with Crippen LogP contribution in [0.5, 0.6) is 0 Å². The van der Waals surface area contributed by atoms with Crippen molar-refractivity contribution in [3.8, 4) is 0 Å². The van der Waals surface area contributed by atoms with Crippen LogP contribution in [0.1, 0.15) is 361 Å². The van der Waals surface area contributed by atoms with E-state index >= 15 is 0 Å². The molecular weight excluding hydrogens is 1400 g/mol. The second-order valence-electron chi connectivity index (χ2n) is 49.4. The molecule has 7 N–H and O–H groups in total. The van der Waals surface area contributed by atoms with E-state index in [2.05, 4.69) is 104 Å². The number of aliphatic hydroxyl groups excluding tert-OH is 7. The molecule has 0 unspecified atom stereocenters. The molecule has 20 aliphatic rings. The van der Waals surface area contributed by atoms with Gasteiger partial charge in [-0.05, 0) is 459 Å². The minimum absolute atomic E-state index is 0.0500. The predicted molar refractivity (Wildman–Crippen MR) is 456 cm³/mol.